The Balaban J connectivity index is 2.07. The first-order valence-corrected chi connectivity index (χ1v) is 6.01. The fraction of sp³-hybridized carbons (Fsp3) is 0.333. The highest BCUT2D eigenvalue weighted by atomic mass is 16.5. The highest BCUT2D eigenvalue weighted by Gasteiger charge is 2.15. The van der Waals surface area contributed by atoms with Crippen molar-refractivity contribution in [2.75, 3.05) is 36.6 Å². The van der Waals surface area contributed by atoms with Crippen LogP contribution in [0.15, 0.2) is 24.3 Å². The van der Waals surface area contributed by atoms with Gasteiger partial charge in [-0.3, -0.25) is 10.7 Å². The zero-order valence-electron chi connectivity index (χ0n) is 9.93. The van der Waals surface area contributed by atoms with Gasteiger partial charge in [-0.25, -0.2) is 4.98 Å². The molecule has 2 heterocycles. The summed E-state index contributed by atoms with van der Waals surface area (Å²) in [5.41, 5.74) is 2.99. The molecule has 1 aromatic heterocycles. The van der Waals surface area contributed by atoms with Crippen molar-refractivity contribution in [1.82, 2.24) is 15.3 Å². The lowest BCUT2D eigenvalue weighted by atomic mass is 10.2. The molecule has 6 heteroatoms. The minimum Gasteiger partial charge on any atom is -0.338 e. The number of hydrogen-bond donors (Lipinski definition) is 3. The molecule has 0 bridgehead atoms. The second-order valence-electron chi connectivity index (χ2n) is 4.24. The fourth-order valence-electron chi connectivity index (χ4n) is 2.16. The Morgan fingerprint density at radius 3 is 2.72 bits per heavy atom. The van der Waals surface area contributed by atoms with Gasteiger partial charge in [-0.15, -0.1) is 0 Å². The summed E-state index contributed by atoms with van der Waals surface area (Å²) in [6.07, 6.45) is 0. The van der Waals surface area contributed by atoms with E-state index in [1.54, 1.807) is 0 Å². The third-order valence-corrected chi connectivity index (χ3v) is 3.10. The van der Waals surface area contributed by atoms with E-state index in [1.807, 2.05) is 24.3 Å². The van der Waals surface area contributed by atoms with Gasteiger partial charge < -0.3 is 10.2 Å². The summed E-state index contributed by atoms with van der Waals surface area (Å²) in [5, 5.41) is 13.3. The number of para-hydroxylation sites is 1. The molecule has 0 saturated carbocycles. The molecule has 0 spiro atoms. The predicted molar refractivity (Wildman–Crippen MR) is 70.0 cm³/mol. The van der Waals surface area contributed by atoms with Gasteiger partial charge in [-0.1, -0.05) is 12.1 Å². The van der Waals surface area contributed by atoms with Gasteiger partial charge in [0, 0.05) is 31.6 Å². The van der Waals surface area contributed by atoms with Gasteiger partial charge in [0.1, 0.15) is 0 Å². The lowest BCUT2D eigenvalue weighted by molar-refractivity contribution is 0.386. The topological polar surface area (TPSA) is 73.3 Å². The van der Waals surface area contributed by atoms with Crippen LogP contribution in [0.4, 0.5) is 11.8 Å². The maximum absolute atomic E-state index is 9.19. The summed E-state index contributed by atoms with van der Waals surface area (Å²) in [5.74, 6) is 1.11. The smallest absolute Gasteiger partial charge is 0.228 e. The van der Waals surface area contributed by atoms with Crippen molar-refractivity contribution in [3.05, 3.63) is 24.3 Å². The van der Waals surface area contributed by atoms with E-state index in [1.165, 1.54) is 0 Å². The summed E-state index contributed by atoms with van der Waals surface area (Å²) in [7, 11) is 0. The van der Waals surface area contributed by atoms with E-state index in [2.05, 4.69) is 25.7 Å². The molecular weight excluding hydrogens is 230 g/mol. The Labute approximate surface area is 105 Å². The van der Waals surface area contributed by atoms with E-state index in [4.69, 9.17) is 0 Å². The number of anilines is 2. The number of nitrogens with zero attached hydrogens (tertiary/aromatic N) is 3. The predicted octanol–water partition coefficient (Wildman–Crippen LogP) is 0.840. The van der Waals surface area contributed by atoms with Gasteiger partial charge in [0.15, 0.2) is 5.82 Å². The quantitative estimate of drug-likeness (QED) is 0.681. The Kier molecular flexibility index (Phi) is 2.95. The van der Waals surface area contributed by atoms with Crippen LogP contribution < -0.4 is 15.7 Å². The summed E-state index contributed by atoms with van der Waals surface area (Å²) in [4.78, 5) is 11.0. The first kappa shape index (κ1) is 11.2. The molecule has 6 nitrogen and oxygen atoms in total. The Hall–Kier alpha value is -1.92. The molecule has 0 aliphatic carbocycles. The largest absolute Gasteiger partial charge is 0.338 e. The number of fused-ring (bicyclic) bond motifs is 1. The molecule has 1 saturated heterocycles. The first-order valence-electron chi connectivity index (χ1n) is 6.01. The SMILES string of the molecule is ONc1nc(N2CCNCC2)nc2ccccc12. The molecule has 0 atom stereocenters. The Morgan fingerprint density at radius 1 is 1.17 bits per heavy atom. The molecule has 1 aliphatic heterocycles. The van der Waals surface area contributed by atoms with Crippen molar-refractivity contribution >= 4 is 22.7 Å². The maximum atomic E-state index is 9.19. The van der Waals surface area contributed by atoms with Gasteiger partial charge in [0.25, 0.3) is 0 Å². The van der Waals surface area contributed by atoms with Crippen LogP contribution in [-0.2, 0) is 0 Å². The molecule has 18 heavy (non-hydrogen) atoms. The molecule has 1 aliphatic rings. The minimum absolute atomic E-state index is 0.453. The summed E-state index contributed by atoms with van der Waals surface area (Å²) in [6, 6.07) is 7.63. The van der Waals surface area contributed by atoms with Gasteiger partial charge >= 0.3 is 0 Å². The van der Waals surface area contributed by atoms with Crippen LogP contribution in [0.25, 0.3) is 10.9 Å². The van der Waals surface area contributed by atoms with E-state index in [9.17, 15) is 5.21 Å². The number of aromatic nitrogens is 2. The number of rotatable bonds is 2. The molecule has 1 fully saturated rings. The van der Waals surface area contributed by atoms with E-state index >= 15 is 0 Å². The van der Waals surface area contributed by atoms with Crippen molar-refractivity contribution in [3.8, 4) is 0 Å². The zero-order valence-corrected chi connectivity index (χ0v) is 9.93. The van der Waals surface area contributed by atoms with Crippen LogP contribution in [0.2, 0.25) is 0 Å². The highest BCUT2D eigenvalue weighted by molar-refractivity contribution is 5.89. The zero-order chi connectivity index (χ0) is 12.4. The average Bonchev–Trinajstić information content (AvgIpc) is 2.47. The molecule has 1 aromatic carbocycles. The van der Waals surface area contributed by atoms with E-state index < -0.39 is 0 Å². The lowest BCUT2D eigenvalue weighted by Gasteiger charge is -2.27. The normalized spacial score (nSPS) is 15.9. The second-order valence-corrected chi connectivity index (χ2v) is 4.24. The van der Waals surface area contributed by atoms with Crippen LogP contribution in [0.1, 0.15) is 0 Å². The monoisotopic (exact) mass is 245 g/mol. The van der Waals surface area contributed by atoms with Crippen molar-refractivity contribution in [1.29, 1.82) is 0 Å². The molecule has 2 aromatic rings. The van der Waals surface area contributed by atoms with Gasteiger partial charge in [0.2, 0.25) is 5.95 Å². The number of benzene rings is 1. The fourth-order valence-corrected chi connectivity index (χ4v) is 2.16. The molecule has 94 valence electrons. The van der Waals surface area contributed by atoms with E-state index in [-0.39, 0.29) is 0 Å². The Bertz CT molecular complexity index is 553. The molecule has 3 N–H and O–H groups in total. The van der Waals surface area contributed by atoms with Gasteiger partial charge in [-0.05, 0) is 12.1 Å². The van der Waals surface area contributed by atoms with Crippen molar-refractivity contribution in [2.45, 2.75) is 0 Å². The molecule has 3 rings (SSSR count). The van der Waals surface area contributed by atoms with Gasteiger partial charge in [-0.2, -0.15) is 4.98 Å². The van der Waals surface area contributed by atoms with Crippen LogP contribution in [0.5, 0.6) is 0 Å². The minimum atomic E-state index is 0.453. The lowest BCUT2D eigenvalue weighted by Crippen LogP contribution is -2.44. The Morgan fingerprint density at radius 2 is 1.94 bits per heavy atom. The molecule has 0 radical (unpaired) electrons. The standard InChI is InChI=1S/C12H15N5O/c18-16-11-9-3-1-2-4-10(9)14-12(15-11)17-7-5-13-6-8-17/h1-4,13,18H,5-8H2,(H,14,15,16). The summed E-state index contributed by atoms with van der Waals surface area (Å²) < 4.78 is 0. The van der Waals surface area contributed by atoms with Crippen molar-refractivity contribution in [2.24, 2.45) is 0 Å². The third-order valence-electron chi connectivity index (χ3n) is 3.10. The number of nitrogens with one attached hydrogen (secondary N) is 2. The maximum Gasteiger partial charge on any atom is 0.228 e. The summed E-state index contributed by atoms with van der Waals surface area (Å²) >= 11 is 0. The van der Waals surface area contributed by atoms with Crippen LogP contribution in [0, 0.1) is 0 Å². The van der Waals surface area contributed by atoms with Crippen LogP contribution >= 0.6 is 0 Å². The first-order chi connectivity index (χ1) is 8.88. The summed E-state index contributed by atoms with van der Waals surface area (Å²) in [6.45, 7) is 3.61. The molecular formula is C12H15N5O. The second kappa shape index (κ2) is 4.75. The van der Waals surface area contributed by atoms with Gasteiger partial charge in [0.05, 0.1) is 5.52 Å². The van der Waals surface area contributed by atoms with Crippen LogP contribution in [0.3, 0.4) is 0 Å². The van der Waals surface area contributed by atoms with Crippen molar-refractivity contribution in [3.63, 3.8) is 0 Å². The average molecular weight is 245 g/mol. The highest BCUT2D eigenvalue weighted by Crippen LogP contribution is 2.22. The number of hydrogen-bond acceptors (Lipinski definition) is 6. The van der Waals surface area contributed by atoms with E-state index in [0.29, 0.717) is 11.8 Å². The van der Waals surface area contributed by atoms with Crippen molar-refractivity contribution < 1.29 is 5.21 Å². The third kappa shape index (κ3) is 1.96. The number of piperazine rings is 1. The van der Waals surface area contributed by atoms with Crippen LogP contribution in [-0.4, -0.2) is 41.4 Å². The molecule has 0 unspecified atom stereocenters. The molecule has 0 amide bonds. The van der Waals surface area contributed by atoms with E-state index in [0.717, 1.165) is 37.1 Å².